The Morgan fingerprint density at radius 3 is 2.60 bits per heavy atom. The van der Waals surface area contributed by atoms with Crippen LogP contribution in [0.1, 0.15) is 17.0 Å². The summed E-state index contributed by atoms with van der Waals surface area (Å²) in [6.07, 6.45) is 1.75. The number of hydrogen-bond acceptors (Lipinski definition) is 3. The number of nitrogens with zero attached hydrogens (tertiary/aromatic N) is 1. The van der Waals surface area contributed by atoms with Gasteiger partial charge in [-0.3, -0.25) is 0 Å². The maximum Gasteiger partial charge on any atom is 0.137 e. The molecule has 1 aromatic carbocycles. The molecule has 0 atom stereocenters. The molecule has 78 valence electrons. The normalized spacial score (nSPS) is 10.5. The Kier molecular flexibility index (Phi) is 3.15. The molecular weight excluding hydrogens is 190 g/mol. The van der Waals surface area contributed by atoms with Gasteiger partial charge < -0.3 is 9.63 Å². The summed E-state index contributed by atoms with van der Waals surface area (Å²) in [6.45, 7) is -0.0607. The van der Waals surface area contributed by atoms with Crippen LogP contribution in [0.3, 0.4) is 0 Å². The van der Waals surface area contributed by atoms with Crippen LogP contribution in [0.5, 0.6) is 0 Å². The smallest absolute Gasteiger partial charge is 0.137 e. The van der Waals surface area contributed by atoms with Gasteiger partial charge in [-0.2, -0.15) is 0 Å². The summed E-state index contributed by atoms with van der Waals surface area (Å²) in [7, 11) is 0. The van der Waals surface area contributed by atoms with Crippen LogP contribution in [0.15, 0.2) is 40.9 Å². The molecule has 15 heavy (non-hydrogen) atoms. The largest absolute Gasteiger partial charge is 0.390 e. The van der Waals surface area contributed by atoms with E-state index in [1.54, 1.807) is 6.07 Å². The number of benzene rings is 1. The topological polar surface area (TPSA) is 46.3 Å². The number of aliphatic hydroxyl groups is 1. The van der Waals surface area contributed by atoms with Crippen molar-refractivity contribution in [2.45, 2.75) is 19.4 Å². The van der Waals surface area contributed by atoms with E-state index in [1.807, 2.05) is 18.2 Å². The highest BCUT2D eigenvalue weighted by molar-refractivity contribution is 5.16. The summed E-state index contributed by atoms with van der Waals surface area (Å²) in [5.74, 6) is 0.822. The molecule has 1 heterocycles. The van der Waals surface area contributed by atoms with Gasteiger partial charge in [-0.25, -0.2) is 0 Å². The highest BCUT2D eigenvalue weighted by atomic mass is 16.5. The molecule has 3 heteroatoms. The minimum absolute atomic E-state index is 0.0607. The van der Waals surface area contributed by atoms with E-state index in [0.717, 1.165) is 18.6 Å². The van der Waals surface area contributed by atoms with Crippen LogP contribution in [-0.2, 0) is 19.4 Å². The molecule has 0 fully saturated rings. The van der Waals surface area contributed by atoms with E-state index in [0.29, 0.717) is 5.69 Å². The van der Waals surface area contributed by atoms with E-state index < -0.39 is 0 Å². The molecule has 3 nitrogen and oxygen atoms in total. The first-order valence-electron chi connectivity index (χ1n) is 4.98. The minimum atomic E-state index is -0.0607. The first-order valence-corrected chi connectivity index (χ1v) is 4.98. The van der Waals surface area contributed by atoms with Crippen molar-refractivity contribution in [2.24, 2.45) is 0 Å². The molecule has 0 unspecified atom stereocenters. The van der Waals surface area contributed by atoms with E-state index in [9.17, 15) is 0 Å². The molecule has 0 radical (unpaired) electrons. The SMILES string of the molecule is OCc1cc(CCc2ccccc2)on1. The second-order valence-electron chi connectivity index (χ2n) is 3.43. The standard InChI is InChI=1S/C12H13NO2/c14-9-11-8-12(15-13-11)7-6-10-4-2-1-3-5-10/h1-5,8,14H,6-7,9H2. The third kappa shape index (κ3) is 2.67. The van der Waals surface area contributed by atoms with Gasteiger partial charge in [0, 0.05) is 12.5 Å². The Hall–Kier alpha value is -1.61. The molecule has 0 amide bonds. The predicted octanol–water partition coefficient (Wildman–Crippen LogP) is 1.95. The van der Waals surface area contributed by atoms with Crippen LogP contribution in [0.2, 0.25) is 0 Å². The van der Waals surface area contributed by atoms with E-state index in [2.05, 4.69) is 17.3 Å². The fourth-order valence-corrected chi connectivity index (χ4v) is 1.46. The van der Waals surface area contributed by atoms with E-state index in [4.69, 9.17) is 9.63 Å². The van der Waals surface area contributed by atoms with Crippen molar-refractivity contribution in [2.75, 3.05) is 0 Å². The van der Waals surface area contributed by atoms with Crippen LogP contribution in [-0.4, -0.2) is 10.3 Å². The minimum Gasteiger partial charge on any atom is -0.390 e. The van der Waals surface area contributed by atoms with Gasteiger partial charge in [-0.15, -0.1) is 0 Å². The lowest BCUT2D eigenvalue weighted by atomic mass is 10.1. The number of rotatable bonds is 4. The van der Waals surface area contributed by atoms with Crippen molar-refractivity contribution in [3.63, 3.8) is 0 Å². The summed E-state index contributed by atoms with van der Waals surface area (Å²) in [5.41, 5.74) is 1.87. The Balaban J connectivity index is 1.93. The quantitative estimate of drug-likeness (QED) is 0.826. The average Bonchev–Trinajstić information content (AvgIpc) is 2.76. The molecular formula is C12H13NO2. The van der Waals surface area contributed by atoms with Crippen LogP contribution in [0, 0.1) is 0 Å². The van der Waals surface area contributed by atoms with Crippen LogP contribution < -0.4 is 0 Å². The maximum atomic E-state index is 8.81. The second kappa shape index (κ2) is 4.75. The summed E-state index contributed by atoms with van der Waals surface area (Å²) in [4.78, 5) is 0. The molecule has 1 aromatic heterocycles. The first-order chi connectivity index (χ1) is 7.38. The number of aryl methyl sites for hydroxylation is 2. The van der Waals surface area contributed by atoms with Gasteiger partial charge in [0.05, 0.1) is 6.61 Å². The Bertz CT molecular complexity index is 409. The fraction of sp³-hybridized carbons (Fsp3) is 0.250. The molecule has 0 aliphatic carbocycles. The summed E-state index contributed by atoms with van der Waals surface area (Å²) in [6, 6.07) is 12.0. The molecule has 2 rings (SSSR count). The Labute approximate surface area is 88.3 Å². The van der Waals surface area contributed by atoms with Gasteiger partial charge in [-0.1, -0.05) is 35.5 Å². The molecule has 0 saturated carbocycles. The number of hydrogen-bond donors (Lipinski definition) is 1. The zero-order chi connectivity index (χ0) is 10.5. The van der Waals surface area contributed by atoms with Gasteiger partial charge >= 0.3 is 0 Å². The average molecular weight is 203 g/mol. The van der Waals surface area contributed by atoms with E-state index >= 15 is 0 Å². The molecule has 0 aliphatic heterocycles. The van der Waals surface area contributed by atoms with Crippen LogP contribution >= 0.6 is 0 Å². The zero-order valence-corrected chi connectivity index (χ0v) is 8.39. The molecule has 0 bridgehead atoms. The summed E-state index contributed by atoms with van der Waals surface area (Å²) < 4.78 is 5.07. The van der Waals surface area contributed by atoms with Gasteiger partial charge in [0.2, 0.25) is 0 Å². The van der Waals surface area contributed by atoms with Crippen molar-refractivity contribution in [3.05, 3.63) is 53.4 Å². The van der Waals surface area contributed by atoms with Gasteiger partial charge in [0.15, 0.2) is 0 Å². The lowest BCUT2D eigenvalue weighted by Crippen LogP contribution is -1.88. The molecule has 0 saturated heterocycles. The zero-order valence-electron chi connectivity index (χ0n) is 8.39. The molecule has 2 aromatic rings. The van der Waals surface area contributed by atoms with E-state index in [1.165, 1.54) is 5.56 Å². The number of aromatic nitrogens is 1. The predicted molar refractivity (Wildman–Crippen MR) is 56.3 cm³/mol. The number of aliphatic hydroxyl groups excluding tert-OH is 1. The van der Waals surface area contributed by atoms with Crippen molar-refractivity contribution >= 4 is 0 Å². The third-order valence-corrected chi connectivity index (χ3v) is 2.27. The highest BCUT2D eigenvalue weighted by Crippen LogP contribution is 2.08. The summed E-state index contributed by atoms with van der Waals surface area (Å²) in [5, 5.41) is 12.5. The summed E-state index contributed by atoms with van der Waals surface area (Å²) >= 11 is 0. The highest BCUT2D eigenvalue weighted by Gasteiger charge is 2.02. The van der Waals surface area contributed by atoms with Crippen LogP contribution in [0.4, 0.5) is 0 Å². The van der Waals surface area contributed by atoms with Crippen molar-refractivity contribution < 1.29 is 9.63 Å². The van der Waals surface area contributed by atoms with Crippen molar-refractivity contribution in [3.8, 4) is 0 Å². The second-order valence-corrected chi connectivity index (χ2v) is 3.43. The van der Waals surface area contributed by atoms with Gasteiger partial charge in [0.1, 0.15) is 11.5 Å². The molecule has 0 spiro atoms. The van der Waals surface area contributed by atoms with Crippen molar-refractivity contribution in [1.82, 2.24) is 5.16 Å². The van der Waals surface area contributed by atoms with Crippen LogP contribution in [0.25, 0.3) is 0 Å². The monoisotopic (exact) mass is 203 g/mol. The van der Waals surface area contributed by atoms with E-state index in [-0.39, 0.29) is 6.61 Å². The van der Waals surface area contributed by atoms with Gasteiger partial charge in [-0.05, 0) is 12.0 Å². The fourth-order valence-electron chi connectivity index (χ4n) is 1.46. The third-order valence-electron chi connectivity index (χ3n) is 2.27. The molecule has 0 aliphatic rings. The maximum absolute atomic E-state index is 8.81. The molecule has 1 N–H and O–H groups in total. The lowest BCUT2D eigenvalue weighted by Gasteiger charge is -1.96. The Morgan fingerprint density at radius 2 is 1.93 bits per heavy atom. The first kappa shape index (κ1) is 9.93. The Morgan fingerprint density at radius 1 is 1.13 bits per heavy atom. The van der Waals surface area contributed by atoms with Crippen molar-refractivity contribution in [1.29, 1.82) is 0 Å². The lowest BCUT2D eigenvalue weighted by molar-refractivity contribution is 0.265. The van der Waals surface area contributed by atoms with Gasteiger partial charge in [0.25, 0.3) is 0 Å².